The number of aromatic hydroxyl groups is 1. The van der Waals surface area contributed by atoms with Crippen molar-refractivity contribution in [3.8, 4) is 28.0 Å². The molecule has 0 fully saturated rings. The van der Waals surface area contributed by atoms with Gasteiger partial charge in [0.15, 0.2) is 0 Å². The van der Waals surface area contributed by atoms with Gasteiger partial charge < -0.3 is 21.5 Å². The van der Waals surface area contributed by atoms with E-state index in [4.69, 9.17) is 5.73 Å². The number of rotatable bonds is 6. The molecule has 3 rings (SSSR count). The fraction of sp³-hybridized carbons (Fsp3) is 0.182. The molecule has 0 aliphatic carbocycles. The van der Waals surface area contributed by atoms with Crippen molar-refractivity contribution in [3.05, 3.63) is 60.0 Å². The highest BCUT2D eigenvalue weighted by Crippen LogP contribution is 2.37. The largest absolute Gasteiger partial charge is 0.508 e. The molecule has 0 unspecified atom stereocenters. The number of carbonyl (C=O) groups is 2. The number of phenols is 1. The Morgan fingerprint density at radius 2 is 1.73 bits per heavy atom. The van der Waals surface area contributed by atoms with Crippen LogP contribution in [0.3, 0.4) is 0 Å². The lowest BCUT2D eigenvalue weighted by Crippen LogP contribution is -2.23. The summed E-state index contributed by atoms with van der Waals surface area (Å²) in [6, 6.07) is 10.1. The number of aromatic nitrogens is 2. The second kappa shape index (κ2) is 9.15. The lowest BCUT2D eigenvalue weighted by Gasteiger charge is -2.18. The van der Waals surface area contributed by atoms with Crippen LogP contribution < -0.4 is 16.4 Å². The van der Waals surface area contributed by atoms with Crippen molar-refractivity contribution in [2.45, 2.75) is 13.3 Å². The van der Waals surface area contributed by atoms with E-state index in [-0.39, 0.29) is 24.1 Å². The maximum atomic E-state index is 11.9. The first kappa shape index (κ1) is 20.9. The molecule has 8 nitrogen and oxygen atoms in total. The van der Waals surface area contributed by atoms with Crippen LogP contribution in [-0.4, -0.2) is 40.5 Å². The average molecular weight is 405 g/mol. The van der Waals surface area contributed by atoms with Gasteiger partial charge in [-0.25, -0.2) is 4.98 Å². The fourth-order valence-corrected chi connectivity index (χ4v) is 3.20. The Hall–Kier alpha value is -3.78. The average Bonchev–Trinajstić information content (AvgIpc) is 2.78. The third-order valence-electron chi connectivity index (χ3n) is 4.67. The van der Waals surface area contributed by atoms with Crippen LogP contribution in [0.25, 0.3) is 22.3 Å². The first-order valence-corrected chi connectivity index (χ1v) is 9.48. The van der Waals surface area contributed by atoms with Crippen molar-refractivity contribution in [1.29, 1.82) is 0 Å². The molecule has 8 heteroatoms. The molecule has 0 radical (unpaired) electrons. The van der Waals surface area contributed by atoms with Gasteiger partial charge in [0.05, 0.1) is 6.54 Å². The van der Waals surface area contributed by atoms with Crippen LogP contribution in [0.4, 0.5) is 5.82 Å². The summed E-state index contributed by atoms with van der Waals surface area (Å²) in [7, 11) is 1.55. The van der Waals surface area contributed by atoms with Crippen molar-refractivity contribution >= 4 is 17.6 Å². The number of amides is 2. The van der Waals surface area contributed by atoms with Gasteiger partial charge in [-0.15, -0.1) is 0 Å². The number of anilines is 1. The number of hydrogen-bond acceptors (Lipinski definition) is 6. The molecule has 0 aliphatic rings. The minimum Gasteiger partial charge on any atom is -0.508 e. The van der Waals surface area contributed by atoms with Gasteiger partial charge in [0.2, 0.25) is 5.91 Å². The quantitative estimate of drug-likeness (QED) is 0.498. The Morgan fingerprint density at radius 3 is 2.30 bits per heavy atom. The minimum atomic E-state index is -0.353. The summed E-state index contributed by atoms with van der Waals surface area (Å²) in [6.07, 6.45) is 3.95. The highest BCUT2D eigenvalue weighted by Gasteiger charge is 2.18. The Morgan fingerprint density at radius 1 is 1.03 bits per heavy atom. The van der Waals surface area contributed by atoms with Gasteiger partial charge in [0.25, 0.3) is 5.91 Å². The Kier molecular flexibility index (Phi) is 6.38. The molecule has 0 saturated heterocycles. The molecular weight excluding hydrogens is 382 g/mol. The maximum absolute atomic E-state index is 11.9. The number of carbonyl (C=O) groups excluding carboxylic acids is 2. The van der Waals surface area contributed by atoms with E-state index in [2.05, 4.69) is 20.6 Å². The number of benzene rings is 1. The zero-order chi connectivity index (χ0) is 21.7. The number of nitrogens with one attached hydrogen (secondary N) is 2. The molecule has 0 aliphatic heterocycles. The van der Waals surface area contributed by atoms with E-state index in [0.29, 0.717) is 17.9 Å². The first-order chi connectivity index (χ1) is 14.5. The fourth-order valence-electron chi connectivity index (χ4n) is 3.20. The van der Waals surface area contributed by atoms with Crippen LogP contribution >= 0.6 is 0 Å². The van der Waals surface area contributed by atoms with E-state index in [1.165, 1.54) is 0 Å². The predicted octanol–water partition coefficient (Wildman–Crippen LogP) is 2.34. The number of pyridine rings is 2. The summed E-state index contributed by atoms with van der Waals surface area (Å²) < 4.78 is 0. The molecule has 2 amide bonds. The summed E-state index contributed by atoms with van der Waals surface area (Å²) in [5.41, 5.74) is 9.88. The SMILES string of the molecule is CCc1c(-c2ccc(C(=O)NC)nc2)cnc(NC(=O)CN)c1-c1ccc(O)cc1. The third kappa shape index (κ3) is 4.28. The maximum Gasteiger partial charge on any atom is 0.269 e. The molecule has 3 aromatic rings. The van der Waals surface area contributed by atoms with Crippen molar-refractivity contribution in [1.82, 2.24) is 15.3 Å². The third-order valence-corrected chi connectivity index (χ3v) is 4.67. The number of hydrogen-bond donors (Lipinski definition) is 4. The topological polar surface area (TPSA) is 130 Å². The Labute approximate surface area is 174 Å². The number of phenolic OH excluding ortho intramolecular Hbond substituents is 1. The Balaban J connectivity index is 2.17. The van der Waals surface area contributed by atoms with Crippen molar-refractivity contribution in [2.24, 2.45) is 5.73 Å². The van der Waals surface area contributed by atoms with Crippen molar-refractivity contribution in [2.75, 3.05) is 18.9 Å². The van der Waals surface area contributed by atoms with E-state index < -0.39 is 0 Å². The second-order valence-corrected chi connectivity index (χ2v) is 6.54. The zero-order valence-electron chi connectivity index (χ0n) is 16.8. The molecule has 0 saturated carbocycles. The van der Waals surface area contributed by atoms with E-state index in [0.717, 1.165) is 27.8 Å². The highest BCUT2D eigenvalue weighted by molar-refractivity contribution is 5.97. The van der Waals surface area contributed by atoms with Crippen LogP contribution in [0.5, 0.6) is 5.75 Å². The number of nitrogens with two attached hydrogens (primary N) is 1. The monoisotopic (exact) mass is 405 g/mol. The summed E-state index contributed by atoms with van der Waals surface area (Å²) in [6.45, 7) is 1.84. The van der Waals surface area contributed by atoms with E-state index in [9.17, 15) is 14.7 Å². The molecule has 0 bridgehead atoms. The van der Waals surface area contributed by atoms with Crippen LogP contribution in [0.1, 0.15) is 23.0 Å². The smallest absolute Gasteiger partial charge is 0.269 e. The van der Waals surface area contributed by atoms with Gasteiger partial charge in [-0.1, -0.05) is 25.1 Å². The first-order valence-electron chi connectivity index (χ1n) is 9.48. The van der Waals surface area contributed by atoms with Crippen molar-refractivity contribution in [3.63, 3.8) is 0 Å². The van der Waals surface area contributed by atoms with Crippen molar-refractivity contribution < 1.29 is 14.7 Å². The van der Waals surface area contributed by atoms with E-state index in [1.54, 1.807) is 49.8 Å². The molecule has 30 heavy (non-hydrogen) atoms. The van der Waals surface area contributed by atoms with Gasteiger partial charge in [-0.2, -0.15) is 0 Å². The van der Waals surface area contributed by atoms with Crippen LogP contribution in [-0.2, 0) is 11.2 Å². The Bertz CT molecular complexity index is 1060. The highest BCUT2D eigenvalue weighted by atomic mass is 16.3. The molecule has 0 spiro atoms. The van der Waals surface area contributed by atoms with Gasteiger partial charge in [-0.05, 0) is 35.7 Å². The summed E-state index contributed by atoms with van der Waals surface area (Å²) in [4.78, 5) is 32.4. The predicted molar refractivity (Wildman–Crippen MR) is 115 cm³/mol. The van der Waals surface area contributed by atoms with E-state index in [1.807, 2.05) is 13.0 Å². The second-order valence-electron chi connectivity index (χ2n) is 6.54. The summed E-state index contributed by atoms with van der Waals surface area (Å²) >= 11 is 0. The molecular formula is C22H23N5O3. The van der Waals surface area contributed by atoms with Gasteiger partial charge in [0.1, 0.15) is 17.3 Å². The number of nitrogens with zero attached hydrogens (tertiary/aromatic N) is 2. The zero-order valence-corrected chi connectivity index (χ0v) is 16.8. The lowest BCUT2D eigenvalue weighted by molar-refractivity contribution is -0.114. The summed E-state index contributed by atoms with van der Waals surface area (Å²) in [5.74, 6) is -0.0805. The standard InChI is InChI=1S/C22H23N5O3/c1-3-16-17(14-6-9-18(25-11-14)22(30)24-2)12-26-21(27-19(29)10-23)20(16)13-4-7-15(28)8-5-13/h4-9,11-12,28H,3,10,23H2,1-2H3,(H,24,30)(H,26,27,29). The molecule has 154 valence electrons. The minimum absolute atomic E-state index is 0.141. The van der Waals surface area contributed by atoms with Gasteiger partial charge in [0, 0.05) is 36.1 Å². The van der Waals surface area contributed by atoms with Crippen LogP contribution in [0.15, 0.2) is 48.8 Å². The molecule has 1 aromatic carbocycles. The van der Waals surface area contributed by atoms with E-state index >= 15 is 0 Å². The van der Waals surface area contributed by atoms with Gasteiger partial charge >= 0.3 is 0 Å². The molecule has 2 heterocycles. The molecule has 2 aromatic heterocycles. The molecule has 0 atom stereocenters. The molecule has 5 N–H and O–H groups in total. The normalized spacial score (nSPS) is 10.5. The van der Waals surface area contributed by atoms with Crippen LogP contribution in [0, 0.1) is 0 Å². The van der Waals surface area contributed by atoms with Crippen LogP contribution in [0.2, 0.25) is 0 Å². The van der Waals surface area contributed by atoms with Gasteiger partial charge in [-0.3, -0.25) is 14.6 Å². The lowest BCUT2D eigenvalue weighted by atomic mass is 9.92. The summed E-state index contributed by atoms with van der Waals surface area (Å²) in [5, 5.41) is 15.0.